The second-order valence-corrected chi connectivity index (χ2v) is 8.04. The molecule has 0 saturated carbocycles. The van der Waals surface area contributed by atoms with E-state index in [2.05, 4.69) is 33.9 Å². The minimum atomic E-state index is 0.0928. The highest BCUT2D eigenvalue weighted by Crippen LogP contribution is 2.32. The summed E-state index contributed by atoms with van der Waals surface area (Å²) in [6.07, 6.45) is 8.57. The van der Waals surface area contributed by atoms with E-state index in [9.17, 15) is 4.79 Å². The summed E-state index contributed by atoms with van der Waals surface area (Å²) < 4.78 is 13.1. The Morgan fingerprint density at radius 1 is 1.10 bits per heavy atom. The lowest BCUT2D eigenvalue weighted by Gasteiger charge is -2.28. The predicted molar refractivity (Wildman–Crippen MR) is 124 cm³/mol. The van der Waals surface area contributed by atoms with Gasteiger partial charge in [0.25, 0.3) is 0 Å². The zero-order chi connectivity index (χ0) is 21.8. The van der Waals surface area contributed by atoms with E-state index < -0.39 is 0 Å². The Bertz CT molecular complexity index is 1100. The molecular formula is C26H30N2O3. The van der Waals surface area contributed by atoms with Crippen LogP contribution >= 0.6 is 0 Å². The first-order valence-corrected chi connectivity index (χ1v) is 10.8. The Kier molecular flexibility index (Phi) is 6.31. The minimum absolute atomic E-state index is 0.0928. The van der Waals surface area contributed by atoms with Crippen LogP contribution in [0, 0.1) is 0 Å². The molecule has 3 aromatic rings. The number of Topliss-reactive ketones (excluding diaryl/α,β-unsaturated/α-hetero) is 1. The summed E-state index contributed by atoms with van der Waals surface area (Å²) in [6.45, 7) is 4.49. The van der Waals surface area contributed by atoms with Gasteiger partial charge in [-0.1, -0.05) is 24.3 Å². The lowest BCUT2D eigenvalue weighted by molar-refractivity contribution is 0.101. The Labute approximate surface area is 183 Å². The quantitative estimate of drug-likeness (QED) is 0.469. The fraction of sp³-hybridized carbons (Fsp3) is 0.346. The molecule has 1 atom stereocenters. The normalized spacial score (nSPS) is 16.0. The highest BCUT2D eigenvalue weighted by molar-refractivity contribution is 6.07. The average Bonchev–Trinajstić information content (AvgIpc) is 3.17. The highest BCUT2D eigenvalue weighted by atomic mass is 16.5. The van der Waals surface area contributed by atoms with Crippen LogP contribution in [0.4, 0.5) is 0 Å². The predicted octanol–water partition coefficient (Wildman–Crippen LogP) is 5.25. The molecular weight excluding hydrogens is 388 g/mol. The summed E-state index contributed by atoms with van der Waals surface area (Å²) in [4.78, 5) is 14.4. The maximum Gasteiger partial charge on any atom is 0.161 e. The molecule has 0 saturated heterocycles. The fourth-order valence-corrected chi connectivity index (χ4v) is 4.43. The number of aromatic nitrogens is 1. The van der Waals surface area contributed by atoms with E-state index in [1.807, 2.05) is 36.5 Å². The zero-order valence-corrected chi connectivity index (χ0v) is 18.5. The first kappa shape index (κ1) is 21.0. The van der Waals surface area contributed by atoms with Gasteiger partial charge in [-0.25, -0.2) is 0 Å². The van der Waals surface area contributed by atoms with Crippen molar-refractivity contribution >= 4 is 16.7 Å². The van der Waals surface area contributed by atoms with Crippen molar-refractivity contribution < 1.29 is 14.3 Å². The van der Waals surface area contributed by atoms with Gasteiger partial charge >= 0.3 is 0 Å². The number of para-hydroxylation sites is 1. The van der Waals surface area contributed by atoms with Gasteiger partial charge in [0.1, 0.15) is 11.5 Å². The van der Waals surface area contributed by atoms with Crippen molar-refractivity contribution in [1.82, 2.24) is 9.47 Å². The van der Waals surface area contributed by atoms with Crippen molar-refractivity contribution in [3.8, 4) is 11.5 Å². The average molecular weight is 419 g/mol. The number of methoxy groups -OCH3 is 2. The van der Waals surface area contributed by atoms with Crippen LogP contribution in [-0.4, -0.2) is 42.6 Å². The lowest BCUT2D eigenvalue weighted by Crippen LogP contribution is -2.25. The lowest BCUT2D eigenvalue weighted by atomic mass is 9.92. The van der Waals surface area contributed by atoms with E-state index in [1.54, 1.807) is 21.1 Å². The van der Waals surface area contributed by atoms with E-state index in [4.69, 9.17) is 9.47 Å². The molecule has 4 rings (SSSR count). The van der Waals surface area contributed by atoms with Gasteiger partial charge in [0.2, 0.25) is 0 Å². The molecule has 5 nitrogen and oxygen atoms in total. The number of ketones is 1. The number of fused-ring (bicyclic) bond motifs is 1. The number of hydrogen-bond acceptors (Lipinski definition) is 4. The second kappa shape index (κ2) is 9.29. The van der Waals surface area contributed by atoms with Crippen molar-refractivity contribution in [2.45, 2.75) is 32.2 Å². The largest absolute Gasteiger partial charge is 0.497 e. The molecule has 5 heteroatoms. The van der Waals surface area contributed by atoms with Gasteiger partial charge in [0, 0.05) is 54.3 Å². The van der Waals surface area contributed by atoms with E-state index >= 15 is 0 Å². The monoisotopic (exact) mass is 418 g/mol. The molecule has 0 bridgehead atoms. The van der Waals surface area contributed by atoms with E-state index in [1.165, 1.54) is 5.56 Å². The zero-order valence-electron chi connectivity index (χ0n) is 18.5. The van der Waals surface area contributed by atoms with E-state index in [0.717, 1.165) is 60.4 Å². The molecule has 162 valence electrons. The maximum absolute atomic E-state index is 12.1. The molecule has 2 heterocycles. The molecule has 0 fully saturated rings. The van der Waals surface area contributed by atoms with Gasteiger partial charge in [-0.3, -0.25) is 4.79 Å². The number of aryl methyl sites for hydroxylation is 1. The van der Waals surface area contributed by atoms with Gasteiger partial charge in [0.15, 0.2) is 5.78 Å². The van der Waals surface area contributed by atoms with E-state index in [0.29, 0.717) is 5.92 Å². The van der Waals surface area contributed by atoms with Crippen LogP contribution in [0.2, 0.25) is 0 Å². The second-order valence-electron chi connectivity index (χ2n) is 8.04. The molecule has 1 aromatic heterocycles. The van der Waals surface area contributed by atoms with Crippen molar-refractivity contribution in [2.75, 3.05) is 27.3 Å². The first-order valence-electron chi connectivity index (χ1n) is 10.8. The molecule has 0 N–H and O–H groups in total. The summed E-state index contributed by atoms with van der Waals surface area (Å²) >= 11 is 0. The third kappa shape index (κ3) is 4.46. The third-order valence-corrected chi connectivity index (χ3v) is 6.11. The van der Waals surface area contributed by atoms with Crippen molar-refractivity contribution in [3.05, 3.63) is 72.1 Å². The van der Waals surface area contributed by atoms with Gasteiger partial charge in [-0.2, -0.15) is 0 Å². The van der Waals surface area contributed by atoms with Crippen LogP contribution in [0.1, 0.15) is 41.6 Å². The third-order valence-electron chi connectivity index (χ3n) is 6.11. The fourth-order valence-electron chi connectivity index (χ4n) is 4.43. The Morgan fingerprint density at radius 2 is 1.94 bits per heavy atom. The van der Waals surface area contributed by atoms with Crippen molar-refractivity contribution in [3.63, 3.8) is 0 Å². The summed E-state index contributed by atoms with van der Waals surface area (Å²) in [5.41, 5.74) is 3.08. The van der Waals surface area contributed by atoms with Crippen molar-refractivity contribution in [1.29, 1.82) is 0 Å². The van der Waals surface area contributed by atoms with Crippen LogP contribution in [0.5, 0.6) is 11.5 Å². The van der Waals surface area contributed by atoms with Crippen LogP contribution in [0.3, 0.4) is 0 Å². The van der Waals surface area contributed by atoms with Crippen LogP contribution in [0.15, 0.2) is 60.9 Å². The number of ether oxygens (including phenoxy) is 2. The summed E-state index contributed by atoms with van der Waals surface area (Å²) in [7, 11) is 3.40. The molecule has 0 spiro atoms. The molecule has 0 amide bonds. The Hall–Kier alpha value is -3.21. The summed E-state index contributed by atoms with van der Waals surface area (Å²) in [5.74, 6) is 2.26. The minimum Gasteiger partial charge on any atom is -0.497 e. The number of nitrogens with zero attached hydrogens (tertiary/aromatic N) is 2. The number of carbonyl (C=O) groups excluding carboxylic acids is 1. The molecule has 1 aliphatic heterocycles. The van der Waals surface area contributed by atoms with E-state index in [-0.39, 0.29) is 5.78 Å². The van der Waals surface area contributed by atoms with Gasteiger partial charge in [-0.15, -0.1) is 0 Å². The topological polar surface area (TPSA) is 43.7 Å². The summed E-state index contributed by atoms with van der Waals surface area (Å²) in [6, 6.07) is 14.2. The van der Waals surface area contributed by atoms with Crippen molar-refractivity contribution in [2.24, 2.45) is 0 Å². The molecule has 0 aliphatic carbocycles. The molecule has 1 aliphatic rings. The van der Waals surface area contributed by atoms with Gasteiger partial charge < -0.3 is 18.9 Å². The SMILES string of the molecule is COc1ccc2c(C(C)=O)cn(CCCN3C=CC(c4ccccc4OC)CC3)c2c1. The number of allylic oxidation sites excluding steroid dienone is 1. The molecule has 31 heavy (non-hydrogen) atoms. The number of carbonyl (C=O) groups is 1. The molecule has 1 unspecified atom stereocenters. The standard InChI is InChI=1S/C26H30N2O3/c1-19(29)24-18-28(25-17-21(30-2)9-10-23(24)25)14-6-13-27-15-11-20(12-16-27)22-7-4-5-8-26(22)31-3/h4-5,7-11,15,17-18,20H,6,12-14,16H2,1-3H3. The summed E-state index contributed by atoms with van der Waals surface area (Å²) in [5, 5.41) is 0.991. The Balaban J connectivity index is 1.41. The highest BCUT2D eigenvalue weighted by Gasteiger charge is 2.18. The maximum atomic E-state index is 12.1. The number of rotatable bonds is 8. The molecule has 0 radical (unpaired) electrons. The van der Waals surface area contributed by atoms with Gasteiger partial charge in [0.05, 0.1) is 19.7 Å². The first-order chi connectivity index (χ1) is 15.1. The van der Waals surface area contributed by atoms with Gasteiger partial charge in [-0.05, 0) is 44.2 Å². The molecule has 2 aromatic carbocycles. The van der Waals surface area contributed by atoms with Crippen LogP contribution in [0.25, 0.3) is 10.9 Å². The van der Waals surface area contributed by atoms with Crippen LogP contribution < -0.4 is 9.47 Å². The number of hydrogen-bond donors (Lipinski definition) is 0. The number of benzene rings is 2. The van der Waals surface area contributed by atoms with Crippen LogP contribution in [-0.2, 0) is 6.54 Å². The smallest absolute Gasteiger partial charge is 0.161 e. The Morgan fingerprint density at radius 3 is 2.65 bits per heavy atom.